The lowest BCUT2D eigenvalue weighted by molar-refractivity contribution is -0.136. The predicted octanol–water partition coefficient (Wildman–Crippen LogP) is 0.609. The molecule has 0 amide bonds. The topological polar surface area (TPSA) is 66.8 Å². The van der Waals surface area contributed by atoms with Crippen LogP contribution in [0.2, 0.25) is 0 Å². The van der Waals surface area contributed by atoms with Crippen molar-refractivity contribution in [1.29, 1.82) is 0 Å². The van der Waals surface area contributed by atoms with Crippen molar-refractivity contribution in [2.24, 2.45) is 0 Å². The molecule has 1 radical (unpaired) electrons. The number of benzene rings is 1. The van der Waals surface area contributed by atoms with E-state index in [4.69, 9.17) is 14.8 Å². The molecular weight excluding hydrogens is 183 g/mol. The molecule has 0 heterocycles. The second-order valence-electron chi connectivity index (χ2n) is 2.76. The van der Waals surface area contributed by atoms with Crippen LogP contribution in [0.25, 0.3) is 0 Å². The largest absolute Gasteiger partial charge is 0.569 e. The molecule has 73 valence electrons. The van der Waals surface area contributed by atoms with Crippen molar-refractivity contribution in [2.45, 2.75) is 12.8 Å². The van der Waals surface area contributed by atoms with Crippen molar-refractivity contribution < 1.29 is 19.6 Å². The third kappa shape index (κ3) is 3.49. The van der Waals surface area contributed by atoms with E-state index in [1.165, 1.54) is 0 Å². The first-order valence-electron chi connectivity index (χ1n) is 4.15. The van der Waals surface area contributed by atoms with Gasteiger partial charge in [-0.2, -0.15) is 0 Å². The van der Waals surface area contributed by atoms with Crippen molar-refractivity contribution in [1.82, 2.24) is 0 Å². The molecule has 0 fully saturated rings. The Kier molecular flexibility index (Phi) is 4.00. The molecule has 0 atom stereocenters. The molecule has 0 aliphatic heterocycles. The van der Waals surface area contributed by atoms with E-state index < -0.39 is 5.97 Å². The highest BCUT2D eigenvalue weighted by atomic mass is 16.5. The molecule has 0 bridgehead atoms. The van der Waals surface area contributed by atoms with Gasteiger partial charge in [0.25, 0.3) is 0 Å². The summed E-state index contributed by atoms with van der Waals surface area (Å²) in [5.41, 5.74) is 0.928. The van der Waals surface area contributed by atoms with E-state index >= 15 is 0 Å². The second-order valence-corrected chi connectivity index (χ2v) is 2.76. The molecular formula is C9H10BO4. The van der Waals surface area contributed by atoms with E-state index in [9.17, 15) is 4.79 Å². The van der Waals surface area contributed by atoms with Crippen LogP contribution in [0.1, 0.15) is 12.0 Å². The third-order valence-electron chi connectivity index (χ3n) is 1.74. The van der Waals surface area contributed by atoms with Crippen LogP contribution in [0.15, 0.2) is 24.3 Å². The Hall–Kier alpha value is -1.49. The molecule has 4 nitrogen and oxygen atoms in total. The van der Waals surface area contributed by atoms with Gasteiger partial charge in [-0.25, -0.2) is 0 Å². The molecule has 1 aromatic rings. The first-order valence-corrected chi connectivity index (χ1v) is 4.15. The Balaban J connectivity index is 2.50. The number of carbonyl (C=O) groups is 1. The highest BCUT2D eigenvalue weighted by Crippen LogP contribution is 2.12. The first-order chi connectivity index (χ1) is 6.72. The summed E-state index contributed by atoms with van der Waals surface area (Å²) in [7, 11) is 0.603. The molecule has 0 aromatic heterocycles. The minimum atomic E-state index is -0.811. The monoisotopic (exact) mass is 193 g/mol. The van der Waals surface area contributed by atoms with Gasteiger partial charge in [-0.1, -0.05) is 12.1 Å². The molecule has 1 aromatic carbocycles. The van der Waals surface area contributed by atoms with Crippen LogP contribution < -0.4 is 4.65 Å². The van der Waals surface area contributed by atoms with E-state index in [1.54, 1.807) is 24.3 Å². The van der Waals surface area contributed by atoms with E-state index in [0.29, 0.717) is 19.9 Å². The van der Waals surface area contributed by atoms with Crippen LogP contribution in [0.5, 0.6) is 5.75 Å². The zero-order valence-electron chi connectivity index (χ0n) is 7.51. The molecule has 0 unspecified atom stereocenters. The summed E-state index contributed by atoms with van der Waals surface area (Å²) in [4.78, 5) is 10.3. The highest BCUT2D eigenvalue weighted by Gasteiger charge is 1.99. The summed E-state index contributed by atoms with van der Waals surface area (Å²) in [6.07, 6.45) is 0.616. The van der Waals surface area contributed by atoms with Crippen molar-refractivity contribution in [2.75, 3.05) is 0 Å². The number of aliphatic carboxylic acids is 1. The van der Waals surface area contributed by atoms with Crippen LogP contribution in [-0.4, -0.2) is 23.8 Å². The van der Waals surface area contributed by atoms with Crippen molar-refractivity contribution >= 4 is 13.7 Å². The maximum Gasteiger partial charge on any atom is 0.569 e. The summed E-state index contributed by atoms with van der Waals surface area (Å²) < 4.78 is 4.70. The van der Waals surface area contributed by atoms with Crippen molar-refractivity contribution in [3.63, 3.8) is 0 Å². The van der Waals surface area contributed by atoms with Gasteiger partial charge in [-0.15, -0.1) is 0 Å². The van der Waals surface area contributed by atoms with Crippen molar-refractivity contribution in [3.8, 4) is 5.75 Å². The molecule has 0 aliphatic rings. The molecule has 1 rings (SSSR count). The number of carboxylic acid groups (broad SMARTS) is 1. The minimum Gasteiger partial charge on any atom is -0.537 e. The van der Waals surface area contributed by atoms with Gasteiger partial charge in [0, 0.05) is 6.42 Å². The summed E-state index contributed by atoms with van der Waals surface area (Å²) in [6, 6.07) is 6.87. The fourth-order valence-electron chi connectivity index (χ4n) is 1.05. The predicted molar refractivity (Wildman–Crippen MR) is 51.0 cm³/mol. The van der Waals surface area contributed by atoms with Gasteiger partial charge in [0.1, 0.15) is 0 Å². The van der Waals surface area contributed by atoms with Crippen LogP contribution >= 0.6 is 0 Å². The Morgan fingerprint density at radius 1 is 1.36 bits per heavy atom. The number of hydrogen-bond donors (Lipinski definition) is 2. The van der Waals surface area contributed by atoms with Gasteiger partial charge < -0.3 is 14.8 Å². The summed E-state index contributed by atoms with van der Waals surface area (Å²) in [6.45, 7) is 0. The second kappa shape index (κ2) is 5.29. The van der Waals surface area contributed by atoms with Crippen LogP contribution in [0, 0.1) is 0 Å². The lowest BCUT2D eigenvalue weighted by atomic mass is 10.1. The van der Waals surface area contributed by atoms with Gasteiger partial charge in [0.2, 0.25) is 0 Å². The molecule has 14 heavy (non-hydrogen) atoms. The van der Waals surface area contributed by atoms with Gasteiger partial charge in [0.05, 0.1) is 5.75 Å². The summed E-state index contributed by atoms with van der Waals surface area (Å²) in [5.74, 6) is -0.291. The normalized spacial score (nSPS) is 9.50. The standard InChI is InChI=1S/C9H10BO4/c11-9(12)6-3-7-1-4-8(5-2-7)14-10-13/h1-2,4-5,13H,3,6H2,(H,11,12). The van der Waals surface area contributed by atoms with E-state index in [-0.39, 0.29) is 6.42 Å². The molecule has 2 N–H and O–H groups in total. The fourth-order valence-corrected chi connectivity index (χ4v) is 1.05. The van der Waals surface area contributed by atoms with Crippen LogP contribution in [0.4, 0.5) is 0 Å². The number of rotatable bonds is 5. The Labute approximate surface area is 82.4 Å². The van der Waals surface area contributed by atoms with E-state index in [1.807, 2.05) is 0 Å². The zero-order chi connectivity index (χ0) is 10.4. The lowest BCUT2D eigenvalue weighted by Gasteiger charge is -2.02. The maximum atomic E-state index is 10.3. The molecule has 0 saturated carbocycles. The average molecular weight is 193 g/mol. The van der Waals surface area contributed by atoms with E-state index in [2.05, 4.69) is 0 Å². The SMILES string of the molecule is O=C(O)CCc1ccc(O[B]O)cc1. The fraction of sp³-hybridized carbons (Fsp3) is 0.222. The molecule has 0 spiro atoms. The summed E-state index contributed by atoms with van der Waals surface area (Å²) in [5, 5.41) is 16.8. The molecule has 5 heteroatoms. The van der Waals surface area contributed by atoms with Gasteiger partial charge in [-0.05, 0) is 24.1 Å². The number of aryl methyl sites for hydroxylation is 1. The van der Waals surface area contributed by atoms with Crippen LogP contribution in [0.3, 0.4) is 0 Å². The first kappa shape index (κ1) is 10.6. The van der Waals surface area contributed by atoms with E-state index in [0.717, 1.165) is 5.56 Å². The molecule has 0 aliphatic carbocycles. The maximum absolute atomic E-state index is 10.3. The quantitative estimate of drug-likeness (QED) is 0.672. The van der Waals surface area contributed by atoms with Crippen LogP contribution in [-0.2, 0) is 11.2 Å². The highest BCUT2D eigenvalue weighted by molar-refractivity contribution is 6.17. The smallest absolute Gasteiger partial charge is 0.537 e. The molecule has 0 saturated heterocycles. The van der Waals surface area contributed by atoms with Gasteiger partial charge >= 0.3 is 13.7 Å². The van der Waals surface area contributed by atoms with Crippen molar-refractivity contribution in [3.05, 3.63) is 29.8 Å². The number of carboxylic acids is 1. The Morgan fingerprint density at radius 2 is 2.00 bits per heavy atom. The number of hydrogen-bond acceptors (Lipinski definition) is 3. The lowest BCUT2D eigenvalue weighted by Crippen LogP contribution is -2.00. The Morgan fingerprint density at radius 3 is 2.50 bits per heavy atom. The third-order valence-corrected chi connectivity index (χ3v) is 1.74. The summed E-state index contributed by atoms with van der Waals surface area (Å²) >= 11 is 0. The van der Waals surface area contributed by atoms with Gasteiger partial charge in [-0.3, -0.25) is 4.79 Å². The average Bonchev–Trinajstić information content (AvgIpc) is 2.17. The minimum absolute atomic E-state index is 0.117. The van der Waals surface area contributed by atoms with Gasteiger partial charge in [0.15, 0.2) is 0 Å². The Bertz CT molecular complexity index is 296. The zero-order valence-corrected chi connectivity index (χ0v) is 7.51.